The van der Waals surface area contributed by atoms with Gasteiger partial charge in [-0.25, -0.2) is 17.6 Å². The van der Waals surface area contributed by atoms with E-state index in [9.17, 15) is 31.9 Å². The van der Waals surface area contributed by atoms with Gasteiger partial charge in [-0.05, 0) is 31.0 Å². The lowest BCUT2D eigenvalue weighted by molar-refractivity contribution is -0.136. The molecule has 0 unspecified atom stereocenters. The maximum absolute atomic E-state index is 13.7. The number of nitrogens with one attached hydrogen (secondary N) is 1. The molecule has 176 valence electrons. The Morgan fingerprint density at radius 3 is 2.50 bits per heavy atom. The molecule has 2 fully saturated rings. The summed E-state index contributed by atoms with van der Waals surface area (Å²) in [6.45, 7) is -0.591. The molecule has 1 aromatic carbocycles. The second-order valence-electron chi connectivity index (χ2n) is 7.64. The zero-order valence-corrected chi connectivity index (χ0v) is 17.1. The van der Waals surface area contributed by atoms with Gasteiger partial charge in [-0.1, -0.05) is 6.42 Å². The maximum Gasteiger partial charge on any atom is 0.265 e. The third kappa shape index (κ3) is 5.36. The van der Waals surface area contributed by atoms with Gasteiger partial charge in [-0.2, -0.15) is 0 Å². The second-order valence-corrected chi connectivity index (χ2v) is 7.64. The molecule has 1 aliphatic heterocycles. The van der Waals surface area contributed by atoms with Gasteiger partial charge in [0.2, 0.25) is 5.91 Å². The molecule has 0 bridgehead atoms. The number of hydrogen-bond acceptors (Lipinski definition) is 5. The van der Waals surface area contributed by atoms with Gasteiger partial charge in [0.25, 0.3) is 24.7 Å². The Balaban J connectivity index is 1.85. The molecule has 1 heterocycles. The summed E-state index contributed by atoms with van der Waals surface area (Å²) in [5.41, 5.74) is 4.65. The van der Waals surface area contributed by atoms with Crippen LogP contribution in [0.25, 0.3) is 0 Å². The first-order chi connectivity index (χ1) is 15.2. The summed E-state index contributed by atoms with van der Waals surface area (Å²) in [5.74, 6) is -2.61. The SMILES string of the molecule is NC(=O)[C@@H](C(=O)Nc1ccc(N2CCOCC2=O)cc1C(F)F)N(CC(F)F)C1CCC1. The minimum Gasteiger partial charge on any atom is -0.370 e. The zero-order valence-electron chi connectivity index (χ0n) is 17.1. The molecular formula is C20H24F4N4O4. The van der Waals surface area contributed by atoms with Crippen molar-refractivity contribution in [1.29, 1.82) is 0 Å². The van der Waals surface area contributed by atoms with E-state index in [1.807, 2.05) is 0 Å². The van der Waals surface area contributed by atoms with Crippen molar-refractivity contribution < 1.29 is 36.7 Å². The number of primary amides is 1. The van der Waals surface area contributed by atoms with Crippen LogP contribution < -0.4 is 16.0 Å². The molecule has 1 aromatic rings. The van der Waals surface area contributed by atoms with Crippen molar-refractivity contribution in [3.63, 3.8) is 0 Å². The molecule has 3 amide bonds. The first-order valence-corrected chi connectivity index (χ1v) is 10.1. The van der Waals surface area contributed by atoms with Crippen LogP contribution in [0.4, 0.5) is 28.9 Å². The van der Waals surface area contributed by atoms with Gasteiger partial charge >= 0.3 is 0 Å². The Morgan fingerprint density at radius 2 is 1.97 bits per heavy atom. The highest BCUT2D eigenvalue weighted by atomic mass is 19.3. The molecule has 0 spiro atoms. The first kappa shape index (κ1) is 23.9. The monoisotopic (exact) mass is 460 g/mol. The fraction of sp³-hybridized carbons (Fsp3) is 0.550. The molecule has 3 N–H and O–H groups in total. The van der Waals surface area contributed by atoms with E-state index in [4.69, 9.17) is 10.5 Å². The molecule has 0 aromatic heterocycles. The van der Waals surface area contributed by atoms with E-state index in [1.165, 1.54) is 17.0 Å². The predicted molar refractivity (Wildman–Crippen MR) is 107 cm³/mol. The van der Waals surface area contributed by atoms with Crippen LogP contribution in [0.5, 0.6) is 0 Å². The number of carbonyl (C=O) groups excluding carboxylic acids is 3. The largest absolute Gasteiger partial charge is 0.370 e. The van der Waals surface area contributed by atoms with Crippen LogP contribution in [0.15, 0.2) is 18.2 Å². The average Bonchev–Trinajstić information content (AvgIpc) is 2.66. The topological polar surface area (TPSA) is 105 Å². The lowest BCUT2D eigenvalue weighted by Crippen LogP contribution is -2.58. The number of hydrogen-bond donors (Lipinski definition) is 2. The lowest BCUT2D eigenvalue weighted by Gasteiger charge is -2.40. The van der Waals surface area contributed by atoms with Crippen molar-refractivity contribution in [2.75, 3.05) is 36.5 Å². The van der Waals surface area contributed by atoms with Crippen molar-refractivity contribution in [1.82, 2.24) is 4.90 Å². The number of ether oxygens (including phenoxy) is 1. The van der Waals surface area contributed by atoms with Crippen molar-refractivity contribution in [2.45, 2.75) is 44.2 Å². The number of halogens is 4. The minimum atomic E-state index is -3.02. The van der Waals surface area contributed by atoms with Crippen LogP contribution in [0.2, 0.25) is 0 Å². The number of amides is 3. The molecule has 32 heavy (non-hydrogen) atoms. The van der Waals surface area contributed by atoms with Gasteiger partial charge in [0, 0.05) is 29.5 Å². The van der Waals surface area contributed by atoms with Crippen molar-refractivity contribution in [3.05, 3.63) is 23.8 Å². The minimum absolute atomic E-state index is 0.177. The molecule has 2 aliphatic rings. The summed E-state index contributed by atoms with van der Waals surface area (Å²) in [5, 5.41) is 2.24. The molecule has 12 heteroatoms. The van der Waals surface area contributed by atoms with Crippen LogP contribution in [0.3, 0.4) is 0 Å². The van der Waals surface area contributed by atoms with E-state index in [-0.39, 0.29) is 31.1 Å². The van der Waals surface area contributed by atoms with Gasteiger partial charge in [0.15, 0.2) is 6.04 Å². The quantitative estimate of drug-likeness (QED) is 0.433. The smallest absolute Gasteiger partial charge is 0.265 e. The Labute approximate surface area is 181 Å². The number of carbonyl (C=O) groups is 3. The van der Waals surface area contributed by atoms with Crippen molar-refractivity contribution in [2.24, 2.45) is 5.73 Å². The molecular weight excluding hydrogens is 436 g/mol. The summed E-state index contributed by atoms with van der Waals surface area (Å²) in [6, 6.07) is 1.45. The van der Waals surface area contributed by atoms with Crippen LogP contribution in [-0.4, -0.2) is 67.4 Å². The Kier molecular flexibility index (Phi) is 7.67. The van der Waals surface area contributed by atoms with E-state index >= 15 is 0 Å². The predicted octanol–water partition coefficient (Wildman–Crippen LogP) is 1.90. The lowest BCUT2D eigenvalue weighted by atomic mass is 9.90. The maximum atomic E-state index is 13.7. The standard InChI is InChI=1S/C20H24F4N4O4/c21-15(22)9-28(11-2-1-3-11)17(19(25)30)20(31)26-14-5-4-12(8-13(14)18(23)24)27-6-7-32-10-16(27)29/h4-5,8,11,15,17-18H,1-3,6-7,9-10H2,(H2,25,30)(H,26,31)/t17-/m0/s1. The van der Waals surface area contributed by atoms with Crippen molar-refractivity contribution >= 4 is 29.1 Å². The number of alkyl halides is 4. The highest BCUT2D eigenvalue weighted by Crippen LogP contribution is 2.33. The second kappa shape index (κ2) is 10.3. The van der Waals surface area contributed by atoms with Gasteiger partial charge in [-0.15, -0.1) is 0 Å². The number of morpholine rings is 1. The van der Waals surface area contributed by atoms with Crippen LogP contribution >= 0.6 is 0 Å². The summed E-state index contributed by atoms with van der Waals surface area (Å²) in [6.07, 6.45) is -4.03. The van der Waals surface area contributed by atoms with Gasteiger partial charge in [-0.3, -0.25) is 19.3 Å². The Bertz CT molecular complexity index is 866. The fourth-order valence-corrected chi connectivity index (χ4v) is 3.79. The molecule has 1 saturated heterocycles. The van der Waals surface area contributed by atoms with Gasteiger partial charge in [0.05, 0.1) is 13.2 Å². The van der Waals surface area contributed by atoms with Crippen molar-refractivity contribution in [3.8, 4) is 0 Å². The summed E-state index contributed by atoms with van der Waals surface area (Å²) >= 11 is 0. The van der Waals surface area contributed by atoms with E-state index in [0.29, 0.717) is 12.8 Å². The molecule has 3 rings (SSSR count). The third-order valence-electron chi connectivity index (χ3n) is 5.57. The van der Waals surface area contributed by atoms with Crippen LogP contribution in [0.1, 0.15) is 31.3 Å². The summed E-state index contributed by atoms with van der Waals surface area (Å²) in [4.78, 5) is 39.1. The van der Waals surface area contributed by atoms with E-state index in [1.54, 1.807) is 0 Å². The van der Waals surface area contributed by atoms with Crippen LogP contribution in [0, 0.1) is 0 Å². The highest BCUT2D eigenvalue weighted by Gasteiger charge is 2.39. The summed E-state index contributed by atoms with van der Waals surface area (Å²) < 4.78 is 58.6. The number of benzene rings is 1. The summed E-state index contributed by atoms with van der Waals surface area (Å²) in [7, 11) is 0. The van der Waals surface area contributed by atoms with Crippen LogP contribution in [-0.2, 0) is 19.1 Å². The molecule has 1 saturated carbocycles. The fourth-order valence-electron chi connectivity index (χ4n) is 3.79. The average molecular weight is 460 g/mol. The Hall–Kier alpha value is -2.73. The molecule has 1 aliphatic carbocycles. The number of nitrogens with two attached hydrogens (primary N) is 1. The molecule has 8 nitrogen and oxygen atoms in total. The number of nitrogens with zero attached hydrogens (tertiary/aromatic N) is 2. The Morgan fingerprint density at radius 1 is 1.25 bits per heavy atom. The van der Waals surface area contributed by atoms with Gasteiger partial charge in [0.1, 0.15) is 6.61 Å². The number of anilines is 2. The first-order valence-electron chi connectivity index (χ1n) is 10.1. The van der Waals surface area contributed by atoms with E-state index in [2.05, 4.69) is 5.32 Å². The van der Waals surface area contributed by atoms with Gasteiger partial charge < -0.3 is 20.7 Å². The highest BCUT2D eigenvalue weighted by molar-refractivity contribution is 6.10. The van der Waals surface area contributed by atoms with E-state index in [0.717, 1.165) is 17.4 Å². The molecule has 1 atom stereocenters. The molecule has 0 radical (unpaired) electrons. The third-order valence-corrected chi connectivity index (χ3v) is 5.57. The van der Waals surface area contributed by atoms with E-state index < -0.39 is 54.8 Å². The zero-order chi connectivity index (χ0) is 23.4. The number of rotatable bonds is 9. The normalized spacial score (nSPS) is 18.2.